The molecule has 0 radical (unpaired) electrons. The molecule has 8 heteroatoms. The lowest BCUT2D eigenvalue weighted by Gasteiger charge is -2.42. The quantitative estimate of drug-likeness (QED) is 0.712. The Hall–Kier alpha value is -0.700. The zero-order valence-corrected chi connectivity index (χ0v) is 16.0. The summed E-state index contributed by atoms with van der Waals surface area (Å²) >= 11 is 0. The fourth-order valence-electron chi connectivity index (χ4n) is 4.25. The van der Waals surface area contributed by atoms with Crippen LogP contribution in [-0.2, 0) is 19.6 Å². The highest BCUT2D eigenvalue weighted by molar-refractivity contribution is 7.89. The van der Waals surface area contributed by atoms with Crippen molar-refractivity contribution in [2.45, 2.75) is 38.6 Å². The van der Waals surface area contributed by atoms with Crippen molar-refractivity contribution in [3.63, 3.8) is 0 Å². The van der Waals surface area contributed by atoms with E-state index in [2.05, 4.69) is 4.90 Å². The first-order chi connectivity index (χ1) is 12.0. The van der Waals surface area contributed by atoms with Crippen LogP contribution in [-0.4, -0.2) is 92.7 Å². The molecule has 3 fully saturated rings. The molecule has 3 aliphatic heterocycles. The minimum Gasteiger partial charge on any atom is -0.378 e. The Labute approximate surface area is 151 Å². The molecule has 0 spiro atoms. The van der Waals surface area contributed by atoms with Crippen molar-refractivity contribution < 1.29 is 17.9 Å². The van der Waals surface area contributed by atoms with Gasteiger partial charge < -0.3 is 9.64 Å². The number of hydrogen-bond donors (Lipinski definition) is 0. The maximum atomic E-state index is 12.8. The van der Waals surface area contributed by atoms with Crippen LogP contribution >= 0.6 is 0 Å². The molecule has 1 atom stereocenters. The minimum atomic E-state index is -3.07. The number of rotatable bonds is 4. The molecule has 0 N–H and O–H groups in total. The van der Waals surface area contributed by atoms with E-state index in [-0.39, 0.29) is 17.6 Å². The third-order valence-corrected chi connectivity index (χ3v) is 7.70. The average molecular weight is 374 g/mol. The van der Waals surface area contributed by atoms with Gasteiger partial charge in [0, 0.05) is 38.8 Å². The molecule has 25 heavy (non-hydrogen) atoms. The van der Waals surface area contributed by atoms with Gasteiger partial charge in [-0.15, -0.1) is 0 Å². The van der Waals surface area contributed by atoms with Crippen molar-refractivity contribution in [3.8, 4) is 0 Å². The maximum Gasteiger partial charge on any atom is 0.227 e. The lowest BCUT2D eigenvalue weighted by Crippen LogP contribution is -2.53. The summed E-state index contributed by atoms with van der Waals surface area (Å²) < 4.78 is 31.0. The van der Waals surface area contributed by atoms with E-state index in [9.17, 15) is 13.2 Å². The molecule has 144 valence electrons. The topological polar surface area (TPSA) is 70.2 Å². The highest BCUT2D eigenvalue weighted by atomic mass is 32.2. The van der Waals surface area contributed by atoms with Crippen molar-refractivity contribution in [1.29, 1.82) is 0 Å². The second kappa shape index (κ2) is 8.33. The molecule has 1 amide bonds. The molecule has 0 unspecified atom stereocenters. The van der Waals surface area contributed by atoms with Crippen LogP contribution in [0.2, 0.25) is 0 Å². The van der Waals surface area contributed by atoms with Gasteiger partial charge in [-0.2, -0.15) is 0 Å². The summed E-state index contributed by atoms with van der Waals surface area (Å²) in [5, 5.41) is 0. The number of amides is 1. The lowest BCUT2D eigenvalue weighted by atomic mass is 9.93. The van der Waals surface area contributed by atoms with E-state index in [1.165, 1.54) is 0 Å². The molecule has 0 bridgehead atoms. The van der Waals surface area contributed by atoms with E-state index < -0.39 is 10.0 Å². The van der Waals surface area contributed by atoms with Gasteiger partial charge in [0.25, 0.3) is 0 Å². The van der Waals surface area contributed by atoms with Crippen LogP contribution in [0.1, 0.15) is 32.6 Å². The molecule has 3 aliphatic rings. The number of nitrogens with zero attached hydrogens (tertiary/aromatic N) is 3. The van der Waals surface area contributed by atoms with E-state index in [1.807, 2.05) is 4.90 Å². The Bertz CT molecular complexity index is 554. The molecule has 3 rings (SSSR count). The van der Waals surface area contributed by atoms with Gasteiger partial charge in [-0.25, -0.2) is 12.7 Å². The van der Waals surface area contributed by atoms with Gasteiger partial charge in [0.1, 0.15) is 0 Å². The Morgan fingerprint density at radius 1 is 1.04 bits per heavy atom. The van der Waals surface area contributed by atoms with Gasteiger partial charge in [0.05, 0.1) is 24.9 Å². The normalized spacial score (nSPS) is 28.2. The van der Waals surface area contributed by atoms with Crippen LogP contribution in [0, 0.1) is 5.92 Å². The Balaban J connectivity index is 1.53. The highest BCUT2D eigenvalue weighted by Crippen LogP contribution is 2.26. The number of morpholine rings is 1. The van der Waals surface area contributed by atoms with Crippen LogP contribution in [0.3, 0.4) is 0 Å². The number of hydrogen-bond acceptors (Lipinski definition) is 5. The summed E-state index contributed by atoms with van der Waals surface area (Å²) in [4.78, 5) is 17.1. The Kier molecular flexibility index (Phi) is 6.35. The molecule has 7 nitrogen and oxygen atoms in total. The second-order valence-corrected chi connectivity index (χ2v) is 9.56. The number of carbonyl (C=O) groups is 1. The van der Waals surface area contributed by atoms with E-state index in [1.54, 1.807) is 11.2 Å². The SMILES string of the molecule is CCS(=O)(=O)N1CCC(N2CCC[C@H](C(=O)N3CCOCC3)C2)CC1. The number of sulfonamides is 1. The third kappa shape index (κ3) is 4.53. The van der Waals surface area contributed by atoms with Crippen molar-refractivity contribution in [2.75, 3.05) is 58.2 Å². The minimum absolute atomic E-state index is 0.0873. The summed E-state index contributed by atoms with van der Waals surface area (Å²) in [6.07, 6.45) is 3.76. The predicted molar refractivity (Wildman–Crippen MR) is 95.8 cm³/mol. The summed E-state index contributed by atoms with van der Waals surface area (Å²) in [5.74, 6) is 0.542. The van der Waals surface area contributed by atoms with Gasteiger partial charge in [-0.05, 0) is 39.2 Å². The summed E-state index contributed by atoms with van der Waals surface area (Å²) in [6.45, 7) is 7.48. The van der Waals surface area contributed by atoms with Crippen LogP contribution in [0.15, 0.2) is 0 Å². The van der Waals surface area contributed by atoms with Crippen molar-refractivity contribution in [3.05, 3.63) is 0 Å². The van der Waals surface area contributed by atoms with Crippen LogP contribution in [0.4, 0.5) is 0 Å². The maximum absolute atomic E-state index is 12.8. The largest absolute Gasteiger partial charge is 0.378 e. The molecule has 0 aromatic rings. The molecule has 0 aromatic carbocycles. The number of ether oxygens (including phenoxy) is 1. The monoisotopic (exact) mass is 373 g/mol. The third-order valence-electron chi connectivity index (χ3n) is 5.82. The first kappa shape index (κ1) is 19.1. The van der Waals surface area contributed by atoms with Crippen molar-refractivity contribution in [1.82, 2.24) is 14.1 Å². The highest BCUT2D eigenvalue weighted by Gasteiger charge is 2.35. The second-order valence-electron chi connectivity index (χ2n) is 7.30. The lowest BCUT2D eigenvalue weighted by molar-refractivity contribution is -0.141. The summed E-state index contributed by atoms with van der Waals surface area (Å²) in [7, 11) is -3.07. The number of likely N-dealkylation sites (tertiary alicyclic amines) is 1. The first-order valence-electron chi connectivity index (χ1n) is 9.59. The predicted octanol–water partition coefficient (Wildman–Crippen LogP) is 0.371. The molecule has 0 saturated carbocycles. The van der Waals surface area contributed by atoms with Crippen molar-refractivity contribution >= 4 is 15.9 Å². The first-order valence-corrected chi connectivity index (χ1v) is 11.2. The number of piperidine rings is 2. The van der Waals surface area contributed by atoms with Crippen LogP contribution < -0.4 is 0 Å². The number of carbonyl (C=O) groups excluding carboxylic acids is 1. The summed E-state index contributed by atoms with van der Waals surface area (Å²) in [6, 6.07) is 0.406. The van der Waals surface area contributed by atoms with Gasteiger partial charge in [0.2, 0.25) is 15.9 Å². The molecule has 0 aromatic heterocycles. The Morgan fingerprint density at radius 3 is 2.36 bits per heavy atom. The molecular formula is C17H31N3O4S. The van der Waals surface area contributed by atoms with Gasteiger partial charge in [-0.1, -0.05) is 0 Å². The molecule has 0 aliphatic carbocycles. The molecule has 3 saturated heterocycles. The van der Waals surface area contributed by atoms with Crippen LogP contribution in [0.25, 0.3) is 0 Å². The van der Waals surface area contributed by atoms with Gasteiger partial charge in [-0.3, -0.25) is 9.69 Å². The average Bonchev–Trinajstić information content (AvgIpc) is 2.68. The fourth-order valence-corrected chi connectivity index (χ4v) is 5.38. The zero-order valence-electron chi connectivity index (χ0n) is 15.2. The summed E-state index contributed by atoms with van der Waals surface area (Å²) in [5.41, 5.74) is 0. The Morgan fingerprint density at radius 2 is 1.72 bits per heavy atom. The van der Waals surface area contributed by atoms with Gasteiger partial charge >= 0.3 is 0 Å². The van der Waals surface area contributed by atoms with E-state index in [0.29, 0.717) is 45.4 Å². The standard InChI is InChI=1S/C17H31N3O4S/c1-2-25(22,23)20-8-5-16(6-9-20)19-7-3-4-15(14-19)17(21)18-10-12-24-13-11-18/h15-16H,2-14H2,1H3/t15-/m0/s1. The zero-order chi connectivity index (χ0) is 17.9. The molecule has 3 heterocycles. The van der Waals surface area contributed by atoms with E-state index in [0.717, 1.165) is 38.8 Å². The fraction of sp³-hybridized carbons (Fsp3) is 0.941. The van der Waals surface area contributed by atoms with Gasteiger partial charge in [0.15, 0.2) is 0 Å². The van der Waals surface area contributed by atoms with Crippen LogP contribution in [0.5, 0.6) is 0 Å². The van der Waals surface area contributed by atoms with E-state index >= 15 is 0 Å². The van der Waals surface area contributed by atoms with E-state index in [4.69, 9.17) is 4.74 Å². The van der Waals surface area contributed by atoms with Crippen molar-refractivity contribution in [2.24, 2.45) is 5.92 Å². The molecular weight excluding hydrogens is 342 g/mol. The smallest absolute Gasteiger partial charge is 0.227 e.